The maximum absolute atomic E-state index is 13.0. The fourth-order valence-corrected chi connectivity index (χ4v) is 8.58. The average molecular weight is 567 g/mol. The highest BCUT2D eigenvalue weighted by molar-refractivity contribution is 5.72. The predicted octanol–water partition coefficient (Wildman–Crippen LogP) is 3.16. The summed E-state index contributed by atoms with van der Waals surface area (Å²) in [5, 5.41) is 11.7. The molecule has 1 N–H and O–H groups in total. The number of epoxide rings is 1. The van der Waals surface area contributed by atoms with Crippen molar-refractivity contribution in [1.82, 2.24) is 0 Å². The van der Waals surface area contributed by atoms with Gasteiger partial charge in [0.2, 0.25) is 0 Å². The van der Waals surface area contributed by atoms with Gasteiger partial charge in [0.25, 0.3) is 0 Å². The van der Waals surface area contributed by atoms with Gasteiger partial charge in [-0.1, -0.05) is 27.7 Å². The van der Waals surface area contributed by atoms with E-state index in [9.17, 15) is 19.5 Å². The predicted molar refractivity (Wildman–Crippen MR) is 141 cm³/mol. The van der Waals surface area contributed by atoms with Gasteiger partial charge in [0.1, 0.15) is 18.3 Å². The van der Waals surface area contributed by atoms with Crippen LogP contribution in [0.2, 0.25) is 0 Å². The van der Waals surface area contributed by atoms with E-state index in [1.54, 1.807) is 6.92 Å². The van der Waals surface area contributed by atoms with E-state index in [1.807, 2.05) is 6.92 Å². The van der Waals surface area contributed by atoms with Gasteiger partial charge in [-0.15, -0.1) is 0 Å². The lowest BCUT2D eigenvalue weighted by Gasteiger charge is -2.65. The standard InChI is InChI=1S/C30H46O10/c1-8-15(2)26(34)40-25-21(33)12-22-28(7,23-11-20-10-17(4)37-27(20)39-23)16(3)9-24(38-19(6)32)29(22,13-35-18(5)31)30(25)14-36-30/h15-17,20-25,27,33H,8-14H2,1-7H3. The number of carbonyl (C=O) groups excluding carboxylic acids is 3. The van der Waals surface area contributed by atoms with E-state index in [4.69, 9.17) is 28.4 Å². The maximum Gasteiger partial charge on any atom is 0.309 e. The van der Waals surface area contributed by atoms with Crippen LogP contribution in [0.5, 0.6) is 0 Å². The second-order valence-electron chi connectivity index (χ2n) is 13.3. The van der Waals surface area contributed by atoms with Crippen LogP contribution in [-0.2, 0) is 42.8 Å². The number of carbonyl (C=O) groups is 3. The van der Waals surface area contributed by atoms with Crippen LogP contribution in [0, 0.1) is 34.5 Å². The summed E-state index contributed by atoms with van der Waals surface area (Å²) in [6, 6.07) is 0. The van der Waals surface area contributed by atoms with Gasteiger partial charge in [0, 0.05) is 25.2 Å². The molecule has 3 saturated heterocycles. The summed E-state index contributed by atoms with van der Waals surface area (Å²) in [6.07, 6.45) is 0.0237. The van der Waals surface area contributed by atoms with Crippen molar-refractivity contribution < 1.29 is 47.9 Å². The Balaban J connectivity index is 1.61. The maximum atomic E-state index is 13.0. The number of rotatable bonds is 7. The minimum Gasteiger partial charge on any atom is -0.465 e. The third-order valence-corrected chi connectivity index (χ3v) is 11.1. The monoisotopic (exact) mass is 566 g/mol. The van der Waals surface area contributed by atoms with E-state index < -0.39 is 52.7 Å². The van der Waals surface area contributed by atoms with Gasteiger partial charge in [-0.25, -0.2) is 0 Å². The van der Waals surface area contributed by atoms with Crippen molar-refractivity contribution in [2.75, 3.05) is 13.2 Å². The molecule has 10 heteroatoms. The highest BCUT2D eigenvalue weighted by Crippen LogP contribution is 2.70. The quantitative estimate of drug-likeness (QED) is 0.279. The first-order valence-corrected chi connectivity index (χ1v) is 14.9. The minimum absolute atomic E-state index is 0.0239. The molecule has 0 amide bonds. The van der Waals surface area contributed by atoms with E-state index in [1.165, 1.54) is 13.8 Å². The van der Waals surface area contributed by atoms with Crippen LogP contribution in [0.1, 0.15) is 80.6 Å². The normalized spacial score (nSPS) is 48.1. The number of hydrogen-bond acceptors (Lipinski definition) is 10. The van der Waals surface area contributed by atoms with E-state index in [0.717, 1.165) is 12.8 Å². The van der Waals surface area contributed by atoms with Crippen LogP contribution in [0.25, 0.3) is 0 Å². The Bertz CT molecular complexity index is 996. The first-order valence-electron chi connectivity index (χ1n) is 14.9. The molecule has 0 bridgehead atoms. The molecule has 3 heterocycles. The molecule has 5 rings (SSSR count). The van der Waals surface area contributed by atoms with Crippen LogP contribution in [-0.4, -0.2) is 78.6 Å². The van der Waals surface area contributed by atoms with Gasteiger partial charge in [-0.05, 0) is 50.9 Å². The molecule has 1 spiro atoms. The van der Waals surface area contributed by atoms with Crippen molar-refractivity contribution in [3.63, 3.8) is 0 Å². The van der Waals surface area contributed by atoms with Crippen molar-refractivity contribution in [2.45, 2.75) is 123 Å². The third-order valence-electron chi connectivity index (χ3n) is 11.1. The molecule has 0 radical (unpaired) electrons. The molecular formula is C30H46O10. The van der Waals surface area contributed by atoms with E-state index >= 15 is 0 Å². The summed E-state index contributed by atoms with van der Waals surface area (Å²) < 4.78 is 36.8. The molecule has 13 unspecified atom stereocenters. The topological polar surface area (TPSA) is 130 Å². The molecule has 13 atom stereocenters. The van der Waals surface area contributed by atoms with Crippen molar-refractivity contribution >= 4 is 17.9 Å². The zero-order valence-corrected chi connectivity index (χ0v) is 24.8. The summed E-state index contributed by atoms with van der Waals surface area (Å²) in [5.74, 6) is -1.75. The number of ether oxygens (including phenoxy) is 6. The molecule has 0 aromatic carbocycles. The Morgan fingerprint density at radius 2 is 1.73 bits per heavy atom. The molecule has 10 nitrogen and oxygen atoms in total. The van der Waals surface area contributed by atoms with Gasteiger partial charge >= 0.3 is 17.9 Å². The zero-order valence-electron chi connectivity index (χ0n) is 24.8. The zero-order chi connectivity index (χ0) is 29.2. The number of esters is 3. The summed E-state index contributed by atoms with van der Waals surface area (Å²) in [7, 11) is 0. The molecule has 5 fully saturated rings. The second-order valence-corrected chi connectivity index (χ2v) is 13.3. The molecule has 3 aliphatic heterocycles. The first-order chi connectivity index (χ1) is 18.8. The molecule has 40 heavy (non-hydrogen) atoms. The average Bonchev–Trinajstić information content (AvgIpc) is 3.46. The van der Waals surface area contributed by atoms with Gasteiger partial charge in [0.05, 0.1) is 36.3 Å². The van der Waals surface area contributed by atoms with Gasteiger partial charge in [0.15, 0.2) is 12.4 Å². The van der Waals surface area contributed by atoms with Crippen LogP contribution < -0.4 is 0 Å². The Kier molecular flexibility index (Phi) is 7.81. The molecule has 2 saturated carbocycles. The van der Waals surface area contributed by atoms with Crippen molar-refractivity contribution in [2.24, 2.45) is 34.5 Å². The number of aliphatic hydroxyl groups is 1. The lowest BCUT2D eigenvalue weighted by Crippen LogP contribution is -2.74. The van der Waals surface area contributed by atoms with Crippen LogP contribution >= 0.6 is 0 Å². The van der Waals surface area contributed by atoms with Gasteiger partial charge < -0.3 is 33.5 Å². The fourth-order valence-electron chi connectivity index (χ4n) is 8.58. The van der Waals surface area contributed by atoms with Crippen molar-refractivity contribution in [3.05, 3.63) is 0 Å². The van der Waals surface area contributed by atoms with E-state index in [-0.39, 0.29) is 61.8 Å². The Morgan fingerprint density at radius 3 is 2.30 bits per heavy atom. The SMILES string of the molecule is CCC(C)C(=O)OC1C(O)CC2C(C)(C3CC4CC(C)OC4O3)C(C)CC(OC(C)=O)C2(COC(C)=O)C12CO2. The number of aliphatic hydroxyl groups excluding tert-OH is 1. The van der Waals surface area contributed by atoms with Crippen molar-refractivity contribution in [1.29, 1.82) is 0 Å². The Labute approximate surface area is 236 Å². The van der Waals surface area contributed by atoms with Gasteiger partial charge in [-0.3, -0.25) is 14.4 Å². The van der Waals surface area contributed by atoms with Crippen LogP contribution in [0.15, 0.2) is 0 Å². The highest BCUT2D eigenvalue weighted by Gasteiger charge is 2.81. The highest BCUT2D eigenvalue weighted by atomic mass is 16.7. The molecule has 0 aromatic rings. The molecule has 5 aliphatic rings. The largest absolute Gasteiger partial charge is 0.465 e. The van der Waals surface area contributed by atoms with E-state index in [0.29, 0.717) is 12.8 Å². The molecular weight excluding hydrogens is 520 g/mol. The Morgan fingerprint density at radius 1 is 1.02 bits per heavy atom. The molecule has 0 aromatic heterocycles. The lowest BCUT2D eigenvalue weighted by atomic mass is 9.41. The molecule has 2 aliphatic carbocycles. The summed E-state index contributed by atoms with van der Waals surface area (Å²) in [4.78, 5) is 37.8. The fraction of sp³-hybridized carbons (Fsp3) is 0.900. The number of hydrogen-bond donors (Lipinski definition) is 1. The van der Waals surface area contributed by atoms with Crippen LogP contribution in [0.4, 0.5) is 0 Å². The summed E-state index contributed by atoms with van der Waals surface area (Å²) in [5.41, 5.74) is -2.77. The summed E-state index contributed by atoms with van der Waals surface area (Å²) >= 11 is 0. The Hall–Kier alpha value is -1.75. The van der Waals surface area contributed by atoms with Crippen molar-refractivity contribution in [3.8, 4) is 0 Å². The van der Waals surface area contributed by atoms with Crippen LogP contribution in [0.3, 0.4) is 0 Å². The van der Waals surface area contributed by atoms with Gasteiger partial charge in [-0.2, -0.15) is 0 Å². The smallest absolute Gasteiger partial charge is 0.309 e. The molecule has 226 valence electrons. The summed E-state index contributed by atoms with van der Waals surface area (Å²) in [6.45, 7) is 12.9. The first kappa shape index (κ1) is 29.7. The second kappa shape index (κ2) is 10.5. The van der Waals surface area contributed by atoms with E-state index in [2.05, 4.69) is 20.8 Å². The minimum atomic E-state index is -1.19. The third kappa shape index (κ3) is 4.48. The number of fused-ring (bicyclic) bond motifs is 3. The lowest BCUT2D eigenvalue weighted by molar-refractivity contribution is -0.285.